The van der Waals surface area contributed by atoms with E-state index in [-0.39, 0.29) is 12.2 Å². The van der Waals surface area contributed by atoms with E-state index in [0.717, 1.165) is 19.3 Å². The molecule has 0 bridgehead atoms. The minimum absolute atomic E-state index is 0.113. The molecule has 0 saturated carbocycles. The number of alkyl halides is 3. The van der Waals surface area contributed by atoms with Crippen molar-refractivity contribution in [1.29, 1.82) is 0 Å². The van der Waals surface area contributed by atoms with Crippen LogP contribution in [0.25, 0.3) is 0 Å². The van der Waals surface area contributed by atoms with Crippen LogP contribution in [-0.2, 0) is 22.9 Å². The van der Waals surface area contributed by atoms with Crippen LogP contribution < -0.4 is 4.72 Å². The molecule has 1 aromatic rings. The number of nitrogens with one attached hydrogen (secondary N) is 1. The summed E-state index contributed by atoms with van der Waals surface area (Å²) in [4.78, 5) is 0. The Labute approximate surface area is 114 Å². The lowest BCUT2D eigenvalue weighted by molar-refractivity contribution is -0.155. The van der Waals surface area contributed by atoms with Crippen LogP contribution in [0.3, 0.4) is 0 Å². The third kappa shape index (κ3) is 3.70. The summed E-state index contributed by atoms with van der Waals surface area (Å²) >= 11 is 0. The average molecular weight is 313 g/mol. The van der Waals surface area contributed by atoms with Crippen molar-refractivity contribution in [2.45, 2.75) is 32.0 Å². The van der Waals surface area contributed by atoms with E-state index in [1.165, 1.54) is 4.31 Å². The van der Waals surface area contributed by atoms with Crippen molar-refractivity contribution >= 4 is 10.2 Å². The highest BCUT2D eigenvalue weighted by Crippen LogP contribution is 2.29. The second kappa shape index (κ2) is 5.70. The number of rotatable bonds is 4. The normalized spacial score (nSPS) is 18.4. The maximum atomic E-state index is 12.3. The third-order valence-corrected chi connectivity index (χ3v) is 4.48. The first-order valence-electron chi connectivity index (χ1n) is 6.06. The van der Waals surface area contributed by atoms with E-state index >= 15 is 0 Å². The van der Waals surface area contributed by atoms with Crippen LogP contribution in [0.4, 0.5) is 13.2 Å². The zero-order valence-electron chi connectivity index (χ0n) is 10.5. The minimum atomic E-state index is -4.63. The maximum absolute atomic E-state index is 12.3. The van der Waals surface area contributed by atoms with Gasteiger partial charge < -0.3 is 4.52 Å². The fourth-order valence-electron chi connectivity index (χ4n) is 1.89. The van der Waals surface area contributed by atoms with Gasteiger partial charge in [0, 0.05) is 19.2 Å². The number of aromatic nitrogens is 1. The molecular weight excluding hydrogens is 299 g/mol. The van der Waals surface area contributed by atoms with Crippen LogP contribution in [-0.4, -0.2) is 31.0 Å². The van der Waals surface area contributed by atoms with Gasteiger partial charge in [0.25, 0.3) is 10.2 Å². The Morgan fingerprint density at radius 2 is 1.95 bits per heavy atom. The van der Waals surface area contributed by atoms with Crippen molar-refractivity contribution in [1.82, 2.24) is 14.2 Å². The molecule has 6 nitrogen and oxygen atoms in total. The van der Waals surface area contributed by atoms with Gasteiger partial charge in [0.2, 0.25) is 5.76 Å². The number of piperidine rings is 1. The Hall–Kier alpha value is -1.13. The van der Waals surface area contributed by atoms with E-state index in [4.69, 9.17) is 0 Å². The summed E-state index contributed by atoms with van der Waals surface area (Å²) in [6, 6.07) is 0.679. The molecule has 0 aromatic carbocycles. The van der Waals surface area contributed by atoms with Gasteiger partial charge in [-0.3, -0.25) is 0 Å². The molecule has 1 aromatic heterocycles. The smallest absolute Gasteiger partial charge is 0.351 e. The van der Waals surface area contributed by atoms with Crippen LogP contribution >= 0.6 is 0 Å². The van der Waals surface area contributed by atoms with E-state index in [1.54, 1.807) is 0 Å². The van der Waals surface area contributed by atoms with E-state index < -0.39 is 22.1 Å². The Morgan fingerprint density at radius 1 is 1.30 bits per heavy atom. The Morgan fingerprint density at radius 3 is 2.50 bits per heavy atom. The fraction of sp³-hybridized carbons (Fsp3) is 0.700. The molecule has 1 fully saturated rings. The van der Waals surface area contributed by atoms with Crippen molar-refractivity contribution in [3.8, 4) is 0 Å². The van der Waals surface area contributed by atoms with Crippen molar-refractivity contribution in [3.05, 3.63) is 17.5 Å². The van der Waals surface area contributed by atoms with Gasteiger partial charge in [0.15, 0.2) is 0 Å². The van der Waals surface area contributed by atoms with Gasteiger partial charge in [-0.05, 0) is 12.8 Å². The van der Waals surface area contributed by atoms with Crippen LogP contribution in [0.1, 0.15) is 30.7 Å². The zero-order valence-corrected chi connectivity index (χ0v) is 11.3. The predicted octanol–water partition coefficient (Wildman–Crippen LogP) is 1.51. The van der Waals surface area contributed by atoms with Gasteiger partial charge in [-0.2, -0.15) is 30.6 Å². The molecule has 1 N–H and O–H groups in total. The summed E-state index contributed by atoms with van der Waals surface area (Å²) in [5, 5.41) is 3.19. The Balaban J connectivity index is 1.96. The van der Waals surface area contributed by atoms with Crippen molar-refractivity contribution < 1.29 is 26.1 Å². The van der Waals surface area contributed by atoms with Crippen molar-refractivity contribution in [3.63, 3.8) is 0 Å². The summed E-state index contributed by atoms with van der Waals surface area (Å²) in [5.41, 5.74) is -0.113. The molecule has 20 heavy (non-hydrogen) atoms. The third-order valence-electron chi connectivity index (χ3n) is 2.93. The lowest BCUT2D eigenvalue weighted by Gasteiger charge is -2.25. The first-order chi connectivity index (χ1) is 9.29. The predicted molar refractivity (Wildman–Crippen MR) is 62.7 cm³/mol. The molecule has 0 amide bonds. The molecule has 0 spiro atoms. The molecule has 0 aliphatic carbocycles. The quantitative estimate of drug-likeness (QED) is 0.914. The molecular formula is C10H14F3N3O3S. The number of hydrogen-bond acceptors (Lipinski definition) is 4. The summed E-state index contributed by atoms with van der Waals surface area (Å²) in [6.07, 6.45) is -2.09. The van der Waals surface area contributed by atoms with E-state index in [9.17, 15) is 21.6 Å². The molecule has 0 radical (unpaired) electrons. The van der Waals surface area contributed by atoms with Gasteiger partial charge in [-0.25, -0.2) is 0 Å². The highest BCUT2D eigenvalue weighted by Gasteiger charge is 2.36. The summed E-state index contributed by atoms with van der Waals surface area (Å²) in [6.45, 7) is 0.502. The molecule has 2 rings (SSSR count). The van der Waals surface area contributed by atoms with Gasteiger partial charge in [-0.1, -0.05) is 11.6 Å². The molecule has 1 saturated heterocycles. The average Bonchev–Trinajstić information content (AvgIpc) is 2.86. The lowest BCUT2D eigenvalue weighted by Crippen LogP contribution is -2.43. The second-order valence-electron chi connectivity index (χ2n) is 4.47. The highest BCUT2D eigenvalue weighted by atomic mass is 32.2. The maximum Gasteiger partial charge on any atom is 0.452 e. The van der Waals surface area contributed by atoms with E-state index in [0.29, 0.717) is 19.2 Å². The number of hydrogen-bond donors (Lipinski definition) is 1. The lowest BCUT2D eigenvalue weighted by atomic mass is 10.2. The summed E-state index contributed by atoms with van der Waals surface area (Å²) < 4.78 is 68.3. The zero-order chi connectivity index (χ0) is 14.8. The standard InChI is InChI=1S/C10H14F3N3O3S/c11-10(12,13)9-6-8(15-19-9)7-14-20(17,18)16-4-2-1-3-5-16/h6,14H,1-5,7H2. The van der Waals surface area contributed by atoms with Crippen LogP contribution in [0.2, 0.25) is 0 Å². The van der Waals surface area contributed by atoms with Gasteiger partial charge in [-0.15, -0.1) is 0 Å². The molecule has 10 heteroatoms. The largest absolute Gasteiger partial charge is 0.452 e. The topological polar surface area (TPSA) is 75.4 Å². The SMILES string of the molecule is O=S(=O)(NCc1cc(C(F)(F)F)on1)N1CCCCC1. The molecule has 114 valence electrons. The highest BCUT2D eigenvalue weighted by molar-refractivity contribution is 7.87. The first kappa shape index (κ1) is 15.3. The second-order valence-corrected chi connectivity index (χ2v) is 6.22. The summed E-state index contributed by atoms with van der Waals surface area (Å²) in [7, 11) is -3.69. The fourth-order valence-corrected chi connectivity index (χ4v) is 3.14. The first-order valence-corrected chi connectivity index (χ1v) is 7.50. The molecule has 1 aliphatic heterocycles. The van der Waals surface area contributed by atoms with E-state index in [1.807, 2.05) is 0 Å². The monoisotopic (exact) mass is 313 g/mol. The van der Waals surface area contributed by atoms with Crippen LogP contribution in [0.5, 0.6) is 0 Å². The number of halogens is 3. The molecule has 1 aliphatic rings. The van der Waals surface area contributed by atoms with Crippen LogP contribution in [0, 0.1) is 0 Å². The Kier molecular flexibility index (Phi) is 4.35. The van der Waals surface area contributed by atoms with Gasteiger partial charge in [0.1, 0.15) is 0 Å². The number of nitrogens with zero attached hydrogens (tertiary/aromatic N) is 2. The van der Waals surface area contributed by atoms with Crippen molar-refractivity contribution in [2.75, 3.05) is 13.1 Å². The Bertz CT molecular complexity index is 550. The minimum Gasteiger partial charge on any atom is -0.351 e. The molecule has 0 atom stereocenters. The molecule has 0 unspecified atom stereocenters. The van der Waals surface area contributed by atoms with Crippen molar-refractivity contribution in [2.24, 2.45) is 0 Å². The molecule has 2 heterocycles. The van der Waals surface area contributed by atoms with Gasteiger partial charge in [0.05, 0.1) is 12.2 Å². The van der Waals surface area contributed by atoms with Crippen LogP contribution in [0.15, 0.2) is 10.6 Å². The van der Waals surface area contributed by atoms with Gasteiger partial charge >= 0.3 is 6.18 Å². The van der Waals surface area contributed by atoms with E-state index in [2.05, 4.69) is 14.4 Å². The summed E-state index contributed by atoms with van der Waals surface area (Å²) in [5.74, 6) is -1.25.